The van der Waals surface area contributed by atoms with Crippen molar-refractivity contribution in [3.63, 3.8) is 0 Å². The number of halogens is 1. The molecule has 0 spiro atoms. The van der Waals surface area contributed by atoms with Gasteiger partial charge in [0, 0.05) is 11.6 Å². The number of morpholine rings is 1. The van der Waals surface area contributed by atoms with Crippen LogP contribution in [0.1, 0.15) is 5.56 Å². The Morgan fingerprint density at radius 3 is 2.90 bits per heavy atom. The lowest BCUT2D eigenvalue weighted by atomic mass is 10.1. The zero-order valence-electron chi connectivity index (χ0n) is 11.2. The summed E-state index contributed by atoms with van der Waals surface area (Å²) in [6.07, 6.45) is -0.489. The maximum atomic E-state index is 12.2. The number of hydrogen-bond donors (Lipinski definition) is 0. The van der Waals surface area contributed by atoms with Crippen molar-refractivity contribution in [3.8, 4) is 0 Å². The van der Waals surface area contributed by atoms with E-state index in [1.807, 2.05) is 18.2 Å². The summed E-state index contributed by atoms with van der Waals surface area (Å²) in [6.45, 7) is 1.01. The van der Waals surface area contributed by atoms with E-state index in [-0.39, 0.29) is 18.9 Å². The van der Waals surface area contributed by atoms with Crippen molar-refractivity contribution >= 4 is 23.5 Å². The molecular formula is C14H16ClNO4. The molecule has 1 atom stereocenters. The summed E-state index contributed by atoms with van der Waals surface area (Å²) in [7, 11) is 1.30. The number of methoxy groups -OCH3 is 1. The number of hydrogen-bond acceptors (Lipinski definition) is 4. The molecule has 1 heterocycles. The molecule has 108 valence electrons. The van der Waals surface area contributed by atoms with Crippen molar-refractivity contribution in [3.05, 3.63) is 34.9 Å². The highest BCUT2D eigenvalue weighted by molar-refractivity contribution is 6.31. The van der Waals surface area contributed by atoms with Crippen molar-refractivity contribution < 1.29 is 19.1 Å². The number of rotatable bonds is 3. The van der Waals surface area contributed by atoms with Gasteiger partial charge in [-0.3, -0.25) is 4.79 Å². The molecule has 0 saturated carbocycles. The number of nitrogens with zero attached hydrogens (tertiary/aromatic N) is 1. The zero-order valence-corrected chi connectivity index (χ0v) is 11.9. The quantitative estimate of drug-likeness (QED) is 0.789. The van der Waals surface area contributed by atoms with Crippen molar-refractivity contribution in [1.29, 1.82) is 0 Å². The fraction of sp³-hybridized carbons (Fsp3) is 0.429. The minimum Gasteiger partial charge on any atom is -0.467 e. The number of esters is 1. The fourth-order valence-electron chi connectivity index (χ4n) is 2.07. The molecule has 0 aromatic heterocycles. The maximum Gasteiger partial charge on any atom is 0.336 e. The predicted octanol–water partition coefficient (Wildman–Crippen LogP) is 1.28. The van der Waals surface area contributed by atoms with Gasteiger partial charge in [0.1, 0.15) is 0 Å². The van der Waals surface area contributed by atoms with Crippen LogP contribution in [0.5, 0.6) is 0 Å². The number of carbonyl (C=O) groups is 2. The van der Waals surface area contributed by atoms with E-state index in [4.69, 9.17) is 16.3 Å². The van der Waals surface area contributed by atoms with Crippen LogP contribution in [-0.4, -0.2) is 49.7 Å². The molecule has 5 nitrogen and oxygen atoms in total. The number of carbonyl (C=O) groups excluding carboxylic acids is 2. The Bertz CT molecular complexity index is 506. The van der Waals surface area contributed by atoms with Gasteiger partial charge < -0.3 is 14.4 Å². The van der Waals surface area contributed by atoms with Crippen LogP contribution >= 0.6 is 11.6 Å². The van der Waals surface area contributed by atoms with E-state index in [9.17, 15) is 9.59 Å². The normalized spacial score (nSPS) is 18.7. The van der Waals surface area contributed by atoms with Crippen molar-refractivity contribution in [2.24, 2.45) is 0 Å². The first-order valence-corrected chi connectivity index (χ1v) is 6.70. The van der Waals surface area contributed by atoms with Crippen LogP contribution in [0.15, 0.2) is 24.3 Å². The summed E-state index contributed by atoms with van der Waals surface area (Å²) in [4.78, 5) is 25.3. The van der Waals surface area contributed by atoms with Crippen LogP contribution < -0.4 is 0 Å². The van der Waals surface area contributed by atoms with E-state index in [0.29, 0.717) is 18.2 Å². The lowest BCUT2D eigenvalue weighted by Gasteiger charge is -2.31. The van der Waals surface area contributed by atoms with E-state index < -0.39 is 12.1 Å². The summed E-state index contributed by atoms with van der Waals surface area (Å²) in [5.74, 6) is -0.532. The first-order chi connectivity index (χ1) is 9.61. The summed E-state index contributed by atoms with van der Waals surface area (Å²) in [5.41, 5.74) is 0.778. The molecule has 1 aliphatic rings. The molecule has 1 aromatic carbocycles. The van der Waals surface area contributed by atoms with Crippen molar-refractivity contribution in [1.82, 2.24) is 4.90 Å². The van der Waals surface area contributed by atoms with Gasteiger partial charge in [-0.15, -0.1) is 0 Å². The molecule has 0 N–H and O–H groups in total. The third-order valence-electron chi connectivity index (χ3n) is 3.18. The minimum absolute atomic E-state index is 0.0738. The minimum atomic E-state index is -0.705. The van der Waals surface area contributed by atoms with Crippen molar-refractivity contribution in [2.75, 3.05) is 26.8 Å². The molecule has 0 bridgehead atoms. The molecule has 0 radical (unpaired) electrons. The molecule has 1 saturated heterocycles. The van der Waals surface area contributed by atoms with Gasteiger partial charge in [-0.2, -0.15) is 0 Å². The molecule has 1 aromatic rings. The fourth-order valence-corrected chi connectivity index (χ4v) is 2.27. The molecular weight excluding hydrogens is 282 g/mol. The molecule has 1 fully saturated rings. The predicted molar refractivity (Wildman–Crippen MR) is 73.5 cm³/mol. The molecule has 0 aliphatic carbocycles. The van der Waals surface area contributed by atoms with Gasteiger partial charge in [-0.05, 0) is 11.6 Å². The molecule has 6 heteroatoms. The molecule has 20 heavy (non-hydrogen) atoms. The van der Waals surface area contributed by atoms with Gasteiger partial charge in [-0.1, -0.05) is 29.8 Å². The summed E-state index contributed by atoms with van der Waals surface area (Å²) < 4.78 is 9.92. The van der Waals surface area contributed by atoms with E-state index in [1.165, 1.54) is 7.11 Å². The smallest absolute Gasteiger partial charge is 0.336 e. The second kappa shape index (κ2) is 6.72. The summed E-state index contributed by atoms with van der Waals surface area (Å²) >= 11 is 6.04. The zero-order chi connectivity index (χ0) is 14.5. The van der Waals surface area contributed by atoms with E-state index in [2.05, 4.69) is 4.74 Å². The molecule has 1 amide bonds. The van der Waals surface area contributed by atoms with E-state index >= 15 is 0 Å². The Kier molecular flexibility index (Phi) is 4.98. The Labute approximate surface area is 122 Å². The monoisotopic (exact) mass is 297 g/mol. The van der Waals surface area contributed by atoms with Gasteiger partial charge in [0.25, 0.3) is 0 Å². The van der Waals surface area contributed by atoms with Crippen LogP contribution in [0.3, 0.4) is 0 Å². The lowest BCUT2D eigenvalue weighted by Crippen LogP contribution is -2.49. The summed E-state index contributed by atoms with van der Waals surface area (Å²) in [5, 5.41) is 0.568. The summed E-state index contributed by atoms with van der Waals surface area (Å²) in [6, 6.07) is 7.22. The van der Waals surface area contributed by atoms with E-state index in [1.54, 1.807) is 11.0 Å². The molecule has 1 unspecified atom stereocenters. The highest BCUT2D eigenvalue weighted by atomic mass is 35.5. The van der Waals surface area contributed by atoms with Gasteiger partial charge in [0.05, 0.1) is 26.7 Å². The van der Waals surface area contributed by atoms with Crippen molar-refractivity contribution in [2.45, 2.75) is 12.5 Å². The largest absolute Gasteiger partial charge is 0.467 e. The van der Waals surface area contributed by atoms with Crippen LogP contribution in [0.4, 0.5) is 0 Å². The van der Waals surface area contributed by atoms with Crippen LogP contribution in [0.25, 0.3) is 0 Å². The van der Waals surface area contributed by atoms with E-state index in [0.717, 1.165) is 5.56 Å². The SMILES string of the molecule is COC(=O)C1CN(C(=O)Cc2ccccc2Cl)CCO1. The molecule has 1 aliphatic heterocycles. The standard InChI is InChI=1S/C14H16ClNO4/c1-19-14(18)12-9-16(6-7-20-12)13(17)8-10-4-2-3-5-11(10)15/h2-5,12H,6-9H2,1H3. The Morgan fingerprint density at radius 2 is 2.20 bits per heavy atom. The average molecular weight is 298 g/mol. The van der Waals surface area contributed by atoms with Gasteiger partial charge in [-0.25, -0.2) is 4.79 Å². The first-order valence-electron chi connectivity index (χ1n) is 6.32. The number of amides is 1. The highest BCUT2D eigenvalue weighted by Gasteiger charge is 2.29. The molecule has 2 rings (SSSR count). The third-order valence-corrected chi connectivity index (χ3v) is 3.55. The second-order valence-corrected chi connectivity index (χ2v) is 4.90. The van der Waals surface area contributed by atoms with Crippen LogP contribution in [0.2, 0.25) is 5.02 Å². The van der Waals surface area contributed by atoms with Gasteiger partial charge in [0.2, 0.25) is 5.91 Å². The Morgan fingerprint density at radius 1 is 1.45 bits per heavy atom. The van der Waals surface area contributed by atoms with Gasteiger partial charge >= 0.3 is 5.97 Å². The first kappa shape index (κ1) is 14.8. The number of ether oxygens (including phenoxy) is 2. The Hall–Kier alpha value is -1.59. The lowest BCUT2D eigenvalue weighted by molar-refractivity contribution is -0.162. The van der Waals surface area contributed by atoms with Gasteiger partial charge in [0.15, 0.2) is 6.10 Å². The van der Waals surface area contributed by atoms with Crippen LogP contribution in [0, 0.1) is 0 Å². The highest BCUT2D eigenvalue weighted by Crippen LogP contribution is 2.17. The number of benzene rings is 1. The average Bonchev–Trinajstić information content (AvgIpc) is 2.49. The maximum absolute atomic E-state index is 12.2. The Balaban J connectivity index is 1.99. The second-order valence-electron chi connectivity index (χ2n) is 4.49. The van der Waals surface area contributed by atoms with Crippen LogP contribution in [-0.2, 0) is 25.5 Å². The topological polar surface area (TPSA) is 55.8 Å². The third kappa shape index (κ3) is 3.49.